The maximum absolute atomic E-state index is 11.7. The van der Waals surface area contributed by atoms with Gasteiger partial charge in [-0.3, -0.25) is 4.79 Å². The fourth-order valence-electron chi connectivity index (χ4n) is 1.78. The number of H-pyrrole nitrogens is 1. The van der Waals surface area contributed by atoms with Crippen LogP contribution in [-0.4, -0.2) is 35.0 Å². The van der Waals surface area contributed by atoms with Crippen LogP contribution in [0.1, 0.15) is 17.3 Å². The lowest BCUT2D eigenvalue weighted by Crippen LogP contribution is -2.21. The maximum Gasteiger partial charge on any atom is 0.347 e. The van der Waals surface area contributed by atoms with Crippen LogP contribution in [0.25, 0.3) is 11.3 Å². The zero-order chi connectivity index (χ0) is 15.4. The Bertz CT molecular complexity index is 706. The molecule has 0 unspecified atom stereocenters. The highest BCUT2D eigenvalue weighted by Gasteiger charge is 2.22. The summed E-state index contributed by atoms with van der Waals surface area (Å²) in [5.41, 5.74) is -0.656. The number of rotatable bonds is 4. The van der Waals surface area contributed by atoms with E-state index in [1.54, 1.807) is 31.2 Å². The minimum atomic E-state index is -0.895. The molecule has 7 heteroatoms. The minimum Gasteiger partial charge on any atom is -0.505 e. The molecule has 1 heterocycles. The first-order chi connectivity index (χ1) is 10.1. The molecule has 1 aromatic carbocycles. The molecule has 1 aromatic heterocycles. The van der Waals surface area contributed by atoms with Gasteiger partial charge >= 0.3 is 5.97 Å². The zero-order valence-electron chi connectivity index (χ0n) is 11.5. The lowest BCUT2D eigenvalue weighted by Gasteiger charge is -2.08. The van der Waals surface area contributed by atoms with Gasteiger partial charge in [0, 0.05) is 5.56 Å². The SMILES string of the molecule is CCOC(=O)c1c(O)c(-c2ccc(OC)cc2)n[nH]c1=O. The molecule has 110 valence electrons. The predicted molar refractivity (Wildman–Crippen MR) is 74.5 cm³/mol. The molecule has 7 nitrogen and oxygen atoms in total. The highest BCUT2D eigenvalue weighted by atomic mass is 16.5. The molecular formula is C14H14N2O5. The smallest absolute Gasteiger partial charge is 0.347 e. The van der Waals surface area contributed by atoms with Crippen molar-refractivity contribution in [2.75, 3.05) is 13.7 Å². The van der Waals surface area contributed by atoms with Crippen LogP contribution in [0.2, 0.25) is 0 Å². The molecule has 0 amide bonds. The van der Waals surface area contributed by atoms with Crippen LogP contribution < -0.4 is 10.3 Å². The summed E-state index contributed by atoms with van der Waals surface area (Å²) in [6.07, 6.45) is 0. The largest absolute Gasteiger partial charge is 0.505 e. The van der Waals surface area contributed by atoms with Crippen molar-refractivity contribution in [3.05, 3.63) is 40.2 Å². The Hall–Kier alpha value is -2.83. The Morgan fingerprint density at radius 1 is 1.33 bits per heavy atom. The van der Waals surface area contributed by atoms with Crippen LogP contribution in [0, 0.1) is 0 Å². The summed E-state index contributed by atoms with van der Waals surface area (Å²) < 4.78 is 9.78. The highest BCUT2D eigenvalue weighted by molar-refractivity contribution is 5.94. The van der Waals surface area contributed by atoms with Crippen molar-refractivity contribution in [1.82, 2.24) is 10.2 Å². The van der Waals surface area contributed by atoms with E-state index in [-0.39, 0.29) is 12.3 Å². The first-order valence-corrected chi connectivity index (χ1v) is 6.21. The van der Waals surface area contributed by atoms with E-state index in [4.69, 9.17) is 9.47 Å². The van der Waals surface area contributed by atoms with Crippen molar-refractivity contribution in [3.8, 4) is 22.8 Å². The van der Waals surface area contributed by atoms with Gasteiger partial charge in [-0.1, -0.05) is 0 Å². The van der Waals surface area contributed by atoms with Gasteiger partial charge < -0.3 is 14.6 Å². The first kappa shape index (κ1) is 14.6. The van der Waals surface area contributed by atoms with Crippen molar-refractivity contribution in [3.63, 3.8) is 0 Å². The average Bonchev–Trinajstić information content (AvgIpc) is 2.48. The summed E-state index contributed by atoms with van der Waals surface area (Å²) in [4.78, 5) is 23.4. The molecule has 0 aliphatic carbocycles. The van der Waals surface area contributed by atoms with E-state index in [1.165, 1.54) is 7.11 Å². The minimum absolute atomic E-state index is 0.0836. The fraction of sp³-hybridized carbons (Fsp3) is 0.214. The van der Waals surface area contributed by atoms with Crippen LogP contribution in [0.3, 0.4) is 0 Å². The molecule has 0 aliphatic heterocycles. The second-order valence-corrected chi connectivity index (χ2v) is 4.07. The fourth-order valence-corrected chi connectivity index (χ4v) is 1.78. The van der Waals surface area contributed by atoms with Gasteiger partial charge in [-0.15, -0.1) is 0 Å². The summed E-state index contributed by atoms with van der Waals surface area (Å²) >= 11 is 0. The van der Waals surface area contributed by atoms with E-state index >= 15 is 0 Å². The number of nitrogens with one attached hydrogen (secondary N) is 1. The first-order valence-electron chi connectivity index (χ1n) is 6.21. The molecule has 2 rings (SSSR count). The summed E-state index contributed by atoms with van der Waals surface area (Å²) in [6, 6.07) is 6.64. The Balaban J connectivity index is 2.52. The van der Waals surface area contributed by atoms with Crippen LogP contribution in [0.15, 0.2) is 29.1 Å². The zero-order valence-corrected chi connectivity index (χ0v) is 11.5. The normalized spacial score (nSPS) is 10.2. The van der Waals surface area contributed by atoms with Crippen LogP contribution in [0.5, 0.6) is 11.5 Å². The molecule has 0 aliphatic rings. The van der Waals surface area contributed by atoms with Crippen molar-refractivity contribution >= 4 is 5.97 Å². The number of aromatic nitrogens is 2. The third-order valence-electron chi connectivity index (χ3n) is 2.80. The van der Waals surface area contributed by atoms with E-state index in [2.05, 4.69) is 10.2 Å². The molecule has 0 fully saturated rings. The number of aromatic amines is 1. The number of hydrogen-bond donors (Lipinski definition) is 2. The van der Waals surface area contributed by atoms with Gasteiger partial charge in [0.05, 0.1) is 13.7 Å². The monoisotopic (exact) mass is 290 g/mol. The standard InChI is InChI=1S/C14H14N2O5/c1-3-21-14(19)10-12(17)11(15-16-13(10)18)8-4-6-9(20-2)7-5-8/h4-7H,3H2,1-2H3,(H2,16,17,18). The lowest BCUT2D eigenvalue weighted by atomic mass is 10.1. The number of esters is 1. The third kappa shape index (κ3) is 2.86. The molecule has 2 aromatic rings. The second-order valence-electron chi connectivity index (χ2n) is 4.07. The van der Waals surface area contributed by atoms with Crippen molar-refractivity contribution in [1.29, 1.82) is 0 Å². The van der Waals surface area contributed by atoms with E-state index in [9.17, 15) is 14.7 Å². The van der Waals surface area contributed by atoms with Gasteiger partial charge in [0.25, 0.3) is 5.56 Å². The average molecular weight is 290 g/mol. The van der Waals surface area contributed by atoms with Gasteiger partial charge in [-0.25, -0.2) is 9.89 Å². The molecule has 0 atom stereocenters. The molecule has 0 spiro atoms. The van der Waals surface area contributed by atoms with Gasteiger partial charge in [0.15, 0.2) is 11.3 Å². The number of nitrogens with zero attached hydrogens (tertiary/aromatic N) is 1. The molecule has 0 bridgehead atoms. The highest BCUT2D eigenvalue weighted by Crippen LogP contribution is 2.29. The number of carbonyl (C=O) groups is 1. The van der Waals surface area contributed by atoms with Crippen LogP contribution in [0.4, 0.5) is 0 Å². The van der Waals surface area contributed by atoms with E-state index in [0.717, 1.165) is 0 Å². The van der Waals surface area contributed by atoms with Gasteiger partial charge in [0.2, 0.25) is 0 Å². The number of ether oxygens (including phenoxy) is 2. The van der Waals surface area contributed by atoms with Crippen LogP contribution >= 0.6 is 0 Å². The lowest BCUT2D eigenvalue weighted by molar-refractivity contribution is 0.0520. The summed E-state index contributed by atoms with van der Waals surface area (Å²) in [5.74, 6) is -0.774. The maximum atomic E-state index is 11.7. The van der Waals surface area contributed by atoms with Gasteiger partial charge in [-0.05, 0) is 31.2 Å². The molecule has 2 N–H and O–H groups in total. The second kappa shape index (κ2) is 6.08. The Kier molecular flexibility index (Phi) is 4.22. The summed E-state index contributed by atoms with van der Waals surface area (Å²) in [5, 5.41) is 16.1. The molecular weight excluding hydrogens is 276 g/mol. The van der Waals surface area contributed by atoms with Crippen molar-refractivity contribution < 1.29 is 19.4 Å². The van der Waals surface area contributed by atoms with E-state index in [0.29, 0.717) is 11.3 Å². The van der Waals surface area contributed by atoms with Crippen molar-refractivity contribution in [2.45, 2.75) is 6.92 Å². The van der Waals surface area contributed by atoms with Crippen LogP contribution in [-0.2, 0) is 4.74 Å². The summed E-state index contributed by atoms with van der Waals surface area (Å²) in [6.45, 7) is 1.70. The number of methoxy groups -OCH3 is 1. The number of benzene rings is 1. The van der Waals surface area contributed by atoms with E-state index < -0.39 is 22.8 Å². The quantitative estimate of drug-likeness (QED) is 0.824. The molecule has 0 radical (unpaired) electrons. The predicted octanol–water partition coefficient (Wildman–Crippen LogP) is 1.33. The third-order valence-corrected chi connectivity index (χ3v) is 2.80. The Morgan fingerprint density at radius 3 is 2.57 bits per heavy atom. The van der Waals surface area contributed by atoms with Crippen molar-refractivity contribution in [2.24, 2.45) is 0 Å². The number of aromatic hydroxyl groups is 1. The molecule has 0 saturated carbocycles. The van der Waals surface area contributed by atoms with Gasteiger partial charge in [0.1, 0.15) is 11.4 Å². The number of hydrogen-bond acceptors (Lipinski definition) is 6. The Morgan fingerprint density at radius 2 is 2.00 bits per heavy atom. The molecule has 21 heavy (non-hydrogen) atoms. The Labute approximate surface area is 120 Å². The number of carbonyl (C=O) groups excluding carboxylic acids is 1. The molecule has 0 saturated heterocycles. The van der Waals surface area contributed by atoms with E-state index in [1.807, 2.05) is 0 Å². The van der Waals surface area contributed by atoms with Gasteiger partial charge in [-0.2, -0.15) is 5.10 Å². The summed E-state index contributed by atoms with van der Waals surface area (Å²) in [7, 11) is 1.53. The topological polar surface area (TPSA) is 102 Å².